The Morgan fingerprint density at radius 3 is 2.40 bits per heavy atom. The molecule has 0 saturated carbocycles. The Bertz CT molecular complexity index is 1110. The number of hydrogen-bond donors (Lipinski definition) is 2. The molecule has 0 unspecified atom stereocenters. The van der Waals surface area contributed by atoms with Crippen molar-refractivity contribution < 1.29 is 23.8 Å². The molecular weight excluding hydrogens is 433 g/mol. The highest BCUT2D eigenvalue weighted by molar-refractivity contribution is 6.32. The van der Waals surface area contributed by atoms with Crippen LogP contribution >= 0.6 is 23.2 Å². The van der Waals surface area contributed by atoms with Crippen LogP contribution in [0, 0.1) is 0 Å². The third-order valence-corrected chi connectivity index (χ3v) is 4.53. The van der Waals surface area contributed by atoms with Crippen LogP contribution in [0.4, 0.5) is 10.5 Å². The second-order valence-electron chi connectivity index (χ2n) is 5.92. The number of benzene rings is 2. The normalized spacial score (nSPS) is 10.4. The number of imide groups is 1. The van der Waals surface area contributed by atoms with Crippen LogP contribution in [0.5, 0.6) is 23.0 Å². The molecule has 2 aromatic carbocycles. The van der Waals surface area contributed by atoms with E-state index in [4.69, 9.17) is 37.4 Å². The number of rotatable bonds is 6. The van der Waals surface area contributed by atoms with Crippen LogP contribution in [0.25, 0.3) is 10.9 Å². The van der Waals surface area contributed by atoms with E-state index in [2.05, 4.69) is 15.6 Å². The maximum absolute atomic E-state index is 11.7. The third-order valence-electron chi connectivity index (χ3n) is 3.99. The molecule has 1 heterocycles. The number of anilines is 1. The van der Waals surface area contributed by atoms with E-state index in [-0.39, 0.29) is 10.9 Å². The largest absolute Gasteiger partial charge is 0.493 e. The van der Waals surface area contributed by atoms with Crippen molar-refractivity contribution >= 4 is 51.7 Å². The summed E-state index contributed by atoms with van der Waals surface area (Å²) in [7, 11) is 3.09. The fraction of sp³-hybridized carbons (Fsp3) is 0.150. The molecule has 0 fully saturated rings. The molecule has 0 spiro atoms. The highest BCUT2D eigenvalue weighted by Crippen LogP contribution is 2.38. The minimum Gasteiger partial charge on any atom is -0.493 e. The van der Waals surface area contributed by atoms with Crippen molar-refractivity contribution in [1.82, 2.24) is 10.3 Å². The zero-order chi connectivity index (χ0) is 21.7. The Morgan fingerprint density at radius 2 is 1.73 bits per heavy atom. The summed E-state index contributed by atoms with van der Waals surface area (Å²) in [6.45, 7) is 0. The molecule has 0 aliphatic rings. The van der Waals surface area contributed by atoms with Gasteiger partial charge in [-0.25, -0.2) is 4.79 Å². The monoisotopic (exact) mass is 449 g/mol. The lowest BCUT2D eigenvalue weighted by Crippen LogP contribution is -2.35. The molecule has 8 nitrogen and oxygen atoms in total. The highest BCUT2D eigenvalue weighted by atomic mass is 35.5. The van der Waals surface area contributed by atoms with E-state index in [9.17, 15) is 9.59 Å². The minimum atomic E-state index is -0.716. The quantitative estimate of drug-likeness (QED) is 0.534. The first-order valence-corrected chi connectivity index (χ1v) is 9.51. The molecule has 0 aliphatic carbocycles. The maximum atomic E-state index is 11.7. The topological polar surface area (TPSA) is 98.8 Å². The van der Waals surface area contributed by atoms with Crippen LogP contribution in [0.2, 0.25) is 5.02 Å². The van der Waals surface area contributed by atoms with Gasteiger partial charge in [0, 0.05) is 23.3 Å². The summed E-state index contributed by atoms with van der Waals surface area (Å²) < 4.78 is 16.6. The van der Waals surface area contributed by atoms with Crippen molar-refractivity contribution in [2.24, 2.45) is 0 Å². The molecule has 3 amide bonds. The third kappa shape index (κ3) is 4.84. The van der Waals surface area contributed by atoms with E-state index >= 15 is 0 Å². The number of hydrogen-bond acceptors (Lipinski definition) is 6. The lowest BCUT2D eigenvalue weighted by Gasteiger charge is -2.13. The summed E-state index contributed by atoms with van der Waals surface area (Å²) >= 11 is 11.7. The van der Waals surface area contributed by atoms with Crippen LogP contribution in [-0.4, -0.2) is 37.0 Å². The van der Waals surface area contributed by atoms with Crippen LogP contribution < -0.4 is 24.8 Å². The number of nitrogens with one attached hydrogen (secondary N) is 2. The van der Waals surface area contributed by atoms with Gasteiger partial charge in [-0.3, -0.25) is 15.1 Å². The second kappa shape index (κ2) is 9.51. The number of amides is 3. The molecule has 0 aliphatic heterocycles. The number of urea groups is 1. The maximum Gasteiger partial charge on any atom is 0.325 e. The molecule has 30 heavy (non-hydrogen) atoms. The van der Waals surface area contributed by atoms with Gasteiger partial charge in [0.05, 0.1) is 24.8 Å². The highest BCUT2D eigenvalue weighted by Gasteiger charge is 2.13. The van der Waals surface area contributed by atoms with E-state index in [0.29, 0.717) is 39.6 Å². The molecule has 1 aromatic heterocycles. The first-order chi connectivity index (χ1) is 14.4. The Hall–Kier alpha value is -3.23. The molecule has 0 bridgehead atoms. The van der Waals surface area contributed by atoms with Gasteiger partial charge >= 0.3 is 6.03 Å². The van der Waals surface area contributed by atoms with Gasteiger partial charge in [0.15, 0.2) is 11.5 Å². The van der Waals surface area contributed by atoms with Gasteiger partial charge in [-0.15, -0.1) is 11.6 Å². The van der Waals surface area contributed by atoms with E-state index in [0.717, 1.165) is 0 Å². The summed E-state index contributed by atoms with van der Waals surface area (Å²) in [4.78, 5) is 27.2. The lowest BCUT2D eigenvalue weighted by atomic mass is 10.2. The zero-order valence-corrected chi connectivity index (χ0v) is 17.5. The summed E-state index contributed by atoms with van der Waals surface area (Å²) in [5, 5.41) is 5.51. The van der Waals surface area contributed by atoms with Gasteiger partial charge in [-0.05, 0) is 30.3 Å². The Balaban J connectivity index is 1.85. The molecule has 0 radical (unpaired) electrons. The van der Waals surface area contributed by atoms with E-state index < -0.39 is 11.9 Å². The standard InChI is InChI=1S/C20H17Cl2N3O5/c1-28-17-8-12-14(9-18(17)29-2)23-6-5-15(12)30-16-4-3-11(7-13(16)22)24-20(27)25-19(26)10-21/h3-9H,10H2,1-2H3,(H2,24,25,26,27). The number of methoxy groups -OCH3 is 2. The van der Waals surface area contributed by atoms with Gasteiger partial charge in [0.2, 0.25) is 5.91 Å². The number of halogens is 2. The average molecular weight is 450 g/mol. The average Bonchev–Trinajstić information content (AvgIpc) is 2.74. The Morgan fingerprint density at radius 1 is 1.00 bits per heavy atom. The van der Waals surface area contributed by atoms with Gasteiger partial charge in [0.25, 0.3) is 0 Å². The van der Waals surface area contributed by atoms with E-state index in [1.807, 2.05) is 0 Å². The zero-order valence-electron chi connectivity index (χ0n) is 16.0. The van der Waals surface area contributed by atoms with Crippen LogP contribution in [0.3, 0.4) is 0 Å². The first-order valence-electron chi connectivity index (χ1n) is 8.60. The van der Waals surface area contributed by atoms with Gasteiger partial charge in [0.1, 0.15) is 17.4 Å². The molecule has 156 valence electrons. The lowest BCUT2D eigenvalue weighted by molar-refractivity contribution is -0.117. The second-order valence-corrected chi connectivity index (χ2v) is 6.59. The summed E-state index contributed by atoms with van der Waals surface area (Å²) in [5.74, 6) is 1.02. The molecule has 0 atom stereocenters. The van der Waals surface area contributed by atoms with Crippen molar-refractivity contribution in [1.29, 1.82) is 0 Å². The van der Waals surface area contributed by atoms with Crippen LogP contribution in [0.1, 0.15) is 0 Å². The summed E-state index contributed by atoms with van der Waals surface area (Å²) in [6, 6.07) is 9.16. The number of carbonyl (C=O) groups excluding carboxylic acids is 2. The van der Waals surface area contributed by atoms with Crippen molar-refractivity contribution in [3.8, 4) is 23.0 Å². The molecular formula is C20H17Cl2N3O5. The minimum absolute atomic E-state index is 0.252. The van der Waals surface area contributed by atoms with Gasteiger partial charge in [-0.1, -0.05) is 11.6 Å². The van der Waals surface area contributed by atoms with Crippen molar-refractivity contribution in [3.05, 3.63) is 47.6 Å². The molecule has 0 saturated heterocycles. The number of aromatic nitrogens is 1. The van der Waals surface area contributed by atoms with Crippen LogP contribution in [-0.2, 0) is 4.79 Å². The molecule has 3 rings (SSSR count). The van der Waals surface area contributed by atoms with Crippen molar-refractivity contribution in [2.45, 2.75) is 0 Å². The Kier molecular flexibility index (Phi) is 6.81. The fourth-order valence-electron chi connectivity index (χ4n) is 2.64. The fourth-order valence-corrected chi connectivity index (χ4v) is 2.92. The summed E-state index contributed by atoms with van der Waals surface area (Å²) in [6.07, 6.45) is 1.60. The smallest absolute Gasteiger partial charge is 0.325 e. The predicted molar refractivity (Wildman–Crippen MR) is 114 cm³/mol. The SMILES string of the molecule is COc1cc2nccc(Oc3ccc(NC(=O)NC(=O)CCl)cc3Cl)c2cc1OC. The molecule has 10 heteroatoms. The number of alkyl halides is 1. The van der Waals surface area contributed by atoms with Gasteiger partial charge in [-0.2, -0.15) is 0 Å². The van der Waals surface area contributed by atoms with Crippen molar-refractivity contribution in [3.63, 3.8) is 0 Å². The van der Waals surface area contributed by atoms with Gasteiger partial charge < -0.3 is 19.5 Å². The summed E-state index contributed by atoms with van der Waals surface area (Å²) in [5.41, 5.74) is 1.03. The molecule has 3 aromatic rings. The van der Waals surface area contributed by atoms with Crippen molar-refractivity contribution in [2.75, 3.05) is 25.4 Å². The molecule has 2 N–H and O–H groups in total. The number of ether oxygens (including phenoxy) is 3. The predicted octanol–water partition coefficient (Wildman–Crippen LogP) is 4.58. The first kappa shape index (κ1) is 21.5. The number of pyridine rings is 1. The van der Waals surface area contributed by atoms with Crippen LogP contribution in [0.15, 0.2) is 42.6 Å². The van der Waals surface area contributed by atoms with E-state index in [1.54, 1.807) is 50.7 Å². The van der Waals surface area contributed by atoms with E-state index in [1.165, 1.54) is 6.07 Å². The number of nitrogens with zero attached hydrogens (tertiary/aromatic N) is 1. The number of fused-ring (bicyclic) bond motifs is 1. The Labute approximate surface area is 182 Å². The number of carbonyl (C=O) groups is 2.